The first-order valence-corrected chi connectivity index (χ1v) is 3.60. The van der Waals surface area contributed by atoms with E-state index in [0.717, 1.165) is 0 Å². The third-order valence-corrected chi connectivity index (χ3v) is 1.56. The first kappa shape index (κ1) is 10.0. The molecule has 0 aliphatic heterocycles. The van der Waals surface area contributed by atoms with E-state index < -0.39 is 16.9 Å². The molecule has 0 amide bonds. The molecule has 3 nitrogen and oxygen atoms in total. The second kappa shape index (κ2) is 3.37. The van der Waals surface area contributed by atoms with Crippen molar-refractivity contribution < 1.29 is 13.2 Å². The molecule has 7 heteroatoms. The van der Waals surface area contributed by atoms with Gasteiger partial charge in [-0.05, 0) is 0 Å². The van der Waals surface area contributed by atoms with E-state index in [1.807, 2.05) is 0 Å². The van der Waals surface area contributed by atoms with Gasteiger partial charge < -0.3 is 5.32 Å². The zero-order valence-electron chi connectivity index (χ0n) is 6.48. The lowest BCUT2D eigenvalue weighted by atomic mass is 10.3. The Morgan fingerprint density at radius 1 is 1.46 bits per heavy atom. The second-order valence-corrected chi connectivity index (χ2v) is 2.50. The van der Waals surface area contributed by atoms with Gasteiger partial charge in [-0.25, -0.2) is 9.97 Å². The minimum atomic E-state index is -4.51. The third-order valence-electron chi connectivity index (χ3n) is 1.27. The summed E-state index contributed by atoms with van der Waals surface area (Å²) in [6, 6.07) is 0. The molecule has 0 saturated carbocycles. The molecule has 0 aliphatic rings. The first-order chi connectivity index (χ1) is 5.95. The van der Waals surface area contributed by atoms with Crippen LogP contribution in [0.1, 0.15) is 5.56 Å². The van der Waals surface area contributed by atoms with Crippen molar-refractivity contribution in [1.29, 1.82) is 0 Å². The summed E-state index contributed by atoms with van der Waals surface area (Å²) >= 11 is 5.28. The molecule has 0 aliphatic carbocycles. The van der Waals surface area contributed by atoms with E-state index in [1.165, 1.54) is 7.05 Å². The molecule has 72 valence electrons. The van der Waals surface area contributed by atoms with Crippen LogP contribution in [0.3, 0.4) is 0 Å². The highest BCUT2D eigenvalue weighted by Gasteiger charge is 2.34. The molecule has 1 heterocycles. The van der Waals surface area contributed by atoms with Gasteiger partial charge in [-0.3, -0.25) is 0 Å². The van der Waals surface area contributed by atoms with Crippen LogP contribution < -0.4 is 5.32 Å². The number of nitrogens with one attached hydrogen (secondary N) is 1. The summed E-state index contributed by atoms with van der Waals surface area (Å²) in [5.41, 5.74) is -1.03. The Bertz CT molecular complexity index is 312. The Balaban J connectivity index is 3.13. The van der Waals surface area contributed by atoms with Gasteiger partial charge in [0.1, 0.15) is 10.7 Å². The Labute approximate surface area is 77.0 Å². The summed E-state index contributed by atoms with van der Waals surface area (Å²) in [6.07, 6.45) is -3.87. The monoisotopic (exact) mass is 211 g/mol. The van der Waals surface area contributed by atoms with Gasteiger partial charge in [-0.2, -0.15) is 13.2 Å². The zero-order valence-corrected chi connectivity index (χ0v) is 7.24. The minimum absolute atomic E-state index is 0.0537. The number of alkyl halides is 3. The van der Waals surface area contributed by atoms with Gasteiger partial charge in [-0.15, -0.1) is 0 Å². The molecule has 0 fully saturated rings. The van der Waals surface area contributed by atoms with Gasteiger partial charge in [0.2, 0.25) is 5.95 Å². The largest absolute Gasteiger partial charge is 0.420 e. The van der Waals surface area contributed by atoms with Crippen LogP contribution in [0.2, 0.25) is 5.15 Å². The van der Waals surface area contributed by atoms with Gasteiger partial charge in [-0.1, -0.05) is 11.6 Å². The molecule has 1 rings (SSSR count). The van der Waals surface area contributed by atoms with Crippen LogP contribution in [0.25, 0.3) is 0 Å². The fraction of sp³-hybridized carbons (Fsp3) is 0.333. The Kier molecular flexibility index (Phi) is 2.60. The third kappa shape index (κ3) is 2.21. The lowest BCUT2D eigenvalue weighted by Gasteiger charge is -2.07. The summed E-state index contributed by atoms with van der Waals surface area (Å²) < 4.78 is 36.3. The lowest BCUT2D eigenvalue weighted by Crippen LogP contribution is -2.09. The highest BCUT2D eigenvalue weighted by atomic mass is 35.5. The fourth-order valence-electron chi connectivity index (χ4n) is 0.672. The molecule has 0 saturated heterocycles. The molecule has 0 bridgehead atoms. The van der Waals surface area contributed by atoms with Crippen LogP contribution in [-0.4, -0.2) is 17.0 Å². The highest BCUT2D eigenvalue weighted by molar-refractivity contribution is 6.30. The van der Waals surface area contributed by atoms with E-state index >= 15 is 0 Å². The first-order valence-electron chi connectivity index (χ1n) is 3.22. The number of nitrogens with zero attached hydrogens (tertiary/aromatic N) is 2. The van der Waals surface area contributed by atoms with Crippen molar-refractivity contribution in [1.82, 2.24) is 9.97 Å². The molecule has 1 aromatic heterocycles. The summed E-state index contributed by atoms with van der Waals surface area (Å²) in [5, 5.41) is 1.87. The van der Waals surface area contributed by atoms with Crippen LogP contribution in [0.15, 0.2) is 6.20 Å². The van der Waals surface area contributed by atoms with E-state index in [0.29, 0.717) is 6.20 Å². The molecule has 0 spiro atoms. The smallest absolute Gasteiger partial charge is 0.357 e. The topological polar surface area (TPSA) is 37.8 Å². The van der Waals surface area contributed by atoms with Crippen LogP contribution in [0, 0.1) is 0 Å². The van der Waals surface area contributed by atoms with E-state index in [2.05, 4.69) is 15.3 Å². The molecule has 13 heavy (non-hydrogen) atoms. The van der Waals surface area contributed by atoms with Crippen molar-refractivity contribution in [2.45, 2.75) is 6.18 Å². The maximum atomic E-state index is 12.1. The van der Waals surface area contributed by atoms with Crippen molar-refractivity contribution in [3.8, 4) is 0 Å². The molecule has 0 unspecified atom stereocenters. The van der Waals surface area contributed by atoms with Crippen LogP contribution >= 0.6 is 11.6 Å². The van der Waals surface area contributed by atoms with Gasteiger partial charge in [0, 0.05) is 13.2 Å². The van der Waals surface area contributed by atoms with E-state index in [4.69, 9.17) is 11.6 Å². The van der Waals surface area contributed by atoms with Crippen molar-refractivity contribution in [3.05, 3.63) is 16.9 Å². The fourth-order valence-corrected chi connectivity index (χ4v) is 0.908. The lowest BCUT2D eigenvalue weighted by molar-refractivity contribution is -0.137. The molecule has 1 aromatic rings. The number of hydrogen-bond donors (Lipinski definition) is 1. The Morgan fingerprint density at radius 3 is 2.46 bits per heavy atom. The quantitative estimate of drug-likeness (QED) is 0.724. The number of anilines is 1. The summed E-state index contributed by atoms with van der Waals surface area (Å²) in [4.78, 5) is 6.78. The SMILES string of the molecule is CNc1ncc(C(F)(F)F)c(Cl)n1. The van der Waals surface area contributed by atoms with Crippen LogP contribution in [0.5, 0.6) is 0 Å². The molecule has 0 aromatic carbocycles. The minimum Gasteiger partial charge on any atom is -0.357 e. The molecule has 0 radical (unpaired) electrons. The van der Waals surface area contributed by atoms with Gasteiger partial charge in [0.15, 0.2) is 0 Å². The molecular weight excluding hydrogens is 207 g/mol. The van der Waals surface area contributed by atoms with Gasteiger partial charge >= 0.3 is 6.18 Å². The van der Waals surface area contributed by atoms with Crippen molar-refractivity contribution >= 4 is 17.5 Å². The van der Waals surface area contributed by atoms with Gasteiger partial charge in [0.25, 0.3) is 0 Å². The number of hydrogen-bond acceptors (Lipinski definition) is 3. The standard InChI is InChI=1S/C6H5ClF3N3/c1-11-5-12-2-3(4(7)13-5)6(8,9)10/h2H,1H3,(H,11,12,13). The number of aromatic nitrogens is 2. The normalized spacial score (nSPS) is 11.5. The second-order valence-electron chi connectivity index (χ2n) is 2.15. The van der Waals surface area contributed by atoms with Crippen molar-refractivity contribution in [2.24, 2.45) is 0 Å². The van der Waals surface area contributed by atoms with Crippen molar-refractivity contribution in [3.63, 3.8) is 0 Å². The van der Waals surface area contributed by atoms with Crippen LogP contribution in [0.4, 0.5) is 19.1 Å². The molecule has 1 N–H and O–H groups in total. The summed E-state index contributed by atoms with van der Waals surface area (Å²) in [5.74, 6) is 0.0537. The van der Waals surface area contributed by atoms with E-state index in [1.54, 1.807) is 0 Å². The number of halogens is 4. The Hall–Kier alpha value is -1.04. The molecular formula is C6H5ClF3N3. The van der Waals surface area contributed by atoms with Crippen molar-refractivity contribution in [2.75, 3.05) is 12.4 Å². The maximum absolute atomic E-state index is 12.1. The Morgan fingerprint density at radius 2 is 2.08 bits per heavy atom. The zero-order chi connectivity index (χ0) is 10.1. The maximum Gasteiger partial charge on any atom is 0.420 e. The van der Waals surface area contributed by atoms with E-state index in [-0.39, 0.29) is 5.95 Å². The summed E-state index contributed by atoms with van der Waals surface area (Å²) in [7, 11) is 1.49. The highest BCUT2D eigenvalue weighted by Crippen LogP contribution is 2.33. The predicted molar refractivity (Wildman–Crippen MR) is 41.6 cm³/mol. The average Bonchev–Trinajstić information content (AvgIpc) is 2.01. The van der Waals surface area contributed by atoms with Crippen LogP contribution in [-0.2, 0) is 6.18 Å². The molecule has 0 atom stereocenters. The predicted octanol–water partition coefficient (Wildman–Crippen LogP) is 2.19. The average molecular weight is 212 g/mol. The van der Waals surface area contributed by atoms with Gasteiger partial charge in [0.05, 0.1) is 0 Å². The summed E-state index contributed by atoms with van der Waals surface area (Å²) in [6.45, 7) is 0. The van der Waals surface area contributed by atoms with E-state index in [9.17, 15) is 13.2 Å². The number of rotatable bonds is 1.